The molecule has 0 aliphatic carbocycles. The van der Waals surface area contributed by atoms with Gasteiger partial charge in [0.2, 0.25) is 5.91 Å². The highest BCUT2D eigenvalue weighted by molar-refractivity contribution is 14.1. The molecule has 1 aliphatic heterocycles. The number of carboxylic acid groups (broad SMARTS) is 1. The molecule has 0 spiro atoms. The van der Waals surface area contributed by atoms with Gasteiger partial charge in [0.05, 0.1) is 0 Å². The van der Waals surface area contributed by atoms with E-state index in [0.717, 1.165) is 11.4 Å². The molecule has 8 heteroatoms. The minimum Gasteiger partial charge on any atom is -0.480 e. The van der Waals surface area contributed by atoms with E-state index in [1.807, 2.05) is 0 Å². The second-order valence-corrected chi connectivity index (χ2v) is 4.60. The van der Waals surface area contributed by atoms with Crippen LogP contribution in [0.5, 0.6) is 0 Å². The number of halogens is 1. The summed E-state index contributed by atoms with van der Waals surface area (Å²) in [7, 11) is 0. The van der Waals surface area contributed by atoms with Gasteiger partial charge in [-0.1, -0.05) is 0 Å². The van der Waals surface area contributed by atoms with E-state index in [1.165, 1.54) is 0 Å². The Morgan fingerprint density at radius 2 is 2.18 bits per heavy atom. The molecule has 0 aromatic heterocycles. The van der Waals surface area contributed by atoms with Crippen molar-refractivity contribution in [2.75, 3.05) is 13.1 Å². The number of hydrogen-bond acceptors (Lipinski definition) is 4. The zero-order chi connectivity index (χ0) is 12.8. The van der Waals surface area contributed by atoms with E-state index in [-0.39, 0.29) is 22.8 Å². The molecule has 1 heterocycles. The van der Waals surface area contributed by atoms with E-state index in [1.54, 1.807) is 22.6 Å². The van der Waals surface area contributed by atoms with Crippen LogP contribution in [0.25, 0.3) is 0 Å². The van der Waals surface area contributed by atoms with E-state index in [4.69, 9.17) is 5.11 Å². The largest absolute Gasteiger partial charge is 0.480 e. The van der Waals surface area contributed by atoms with Crippen LogP contribution in [0.15, 0.2) is 0 Å². The third kappa shape index (κ3) is 4.46. The number of carbonyl (C=O) groups is 3. The Morgan fingerprint density at radius 3 is 2.76 bits per heavy atom. The third-order valence-corrected chi connectivity index (χ3v) is 2.79. The second kappa shape index (κ2) is 6.74. The van der Waals surface area contributed by atoms with E-state index in [9.17, 15) is 14.4 Å². The van der Waals surface area contributed by atoms with Crippen LogP contribution in [0.4, 0.5) is 4.79 Å². The zero-order valence-electron chi connectivity index (χ0n) is 9.11. The average molecular weight is 355 g/mol. The molecule has 1 fully saturated rings. The van der Waals surface area contributed by atoms with Crippen molar-refractivity contribution >= 4 is 38.4 Å². The van der Waals surface area contributed by atoms with Crippen molar-refractivity contribution in [3.05, 3.63) is 0 Å². The summed E-state index contributed by atoms with van der Waals surface area (Å²) in [5.41, 5.74) is 2.78. The number of amides is 2. The minimum absolute atomic E-state index is 0.0888. The summed E-state index contributed by atoms with van der Waals surface area (Å²) in [5.74, 6) is -1.33. The van der Waals surface area contributed by atoms with Crippen molar-refractivity contribution in [3.8, 4) is 0 Å². The maximum Gasteiger partial charge on any atom is 0.328 e. The van der Waals surface area contributed by atoms with Crippen molar-refractivity contribution in [2.24, 2.45) is 0 Å². The smallest absolute Gasteiger partial charge is 0.328 e. The lowest BCUT2D eigenvalue weighted by Gasteiger charge is -2.33. The van der Waals surface area contributed by atoms with Crippen molar-refractivity contribution in [1.29, 1.82) is 0 Å². The Balaban J connectivity index is 2.47. The lowest BCUT2D eigenvalue weighted by Crippen LogP contribution is -2.56. The lowest BCUT2D eigenvalue weighted by atomic mass is 10.1. The quantitative estimate of drug-likeness (QED) is 0.378. The van der Waals surface area contributed by atoms with E-state index >= 15 is 0 Å². The lowest BCUT2D eigenvalue weighted by molar-refractivity contribution is -0.155. The number of carboxylic acids is 1. The van der Waals surface area contributed by atoms with Gasteiger partial charge < -0.3 is 10.4 Å². The van der Waals surface area contributed by atoms with Gasteiger partial charge in [-0.25, -0.2) is 10.2 Å². The first kappa shape index (κ1) is 14.2. The van der Waals surface area contributed by atoms with Crippen molar-refractivity contribution in [1.82, 2.24) is 15.8 Å². The Hall–Kier alpha value is -0.900. The molecule has 17 heavy (non-hydrogen) atoms. The summed E-state index contributed by atoms with van der Waals surface area (Å²) in [4.78, 5) is 33.3. The molecule has 1 aliphatic rings. The van der Waals surface area contributed by atoms with Gasteiger partial charge in [-0.15, -0.1) is 0 Å². The van der Waals surface area contributed by atoms with Crippen LogP contribution in [0.3, 0.4) is 0 Å². The molecule has 0 aromatic rings. The van der Waals surface area contributed by atoms with Crippen molar-refractivity contribution < 1.29 is 19.5 Å². The van der Waals surface area contributed by atoms with Crippen LogP contribution in [-0.2, 0) is 9.59 Å². The second-order valence-electron chi connectivity index (χ2n) is 3.62. The summed E-state index contributed by atoms with van der Waals surface area (Å²) >= 11 is 1.57. The molecule has 0 bridgehead atoms. The van der Waals surface area contributed by atoms with Crippen LogP contribution in [0, 0.1) is 0 Å². The minimum atomic E-state index is -1.01. The van der Waals surface area contributed by atoms with Crippen LogP contribution in [0.1, 0.15) is 19.3 Å². The molecule has 0 unspecified atom stereocenters. The Kier molecular flexibility index (Phi) is 5.62. The fourth-order valence-corrected chi connectivity index (χ4v) is 1.89. The molecule has 2 amide bonds. The standard InChI is InChI=1S/C9H14IN3O4/c10-9(17)11-5-3-7(14)13-6(8(15)16)2-1-4-12-13/h6,12H,1-5H2,(H,11,17)(H,15,16)/t6-/m0/s1. The maximum atomic E-state index is 11.7. The first-order valence-electron chi connectivity index (χ1n) is 5.24. The van der Waals surface area contributed by atoms with Crippen LogP contribution in [-0.4, -0.2) is 45.0 Å². The number of nitrogens with one attached hydrogen (secondary N) is 2. The fourth-order valence-electron chi connectivity index (χ4n) is 1.62. The van der Waals surface area contributed by atoms with Gasteiger partial charge in [-0.2, -0.15) is 0 Å². The highest BCUT2D eigenvalue weighted by Crippen LogP contribution is 2.11. The Bertz CT molecular complexity index is 323. The number of carbonyl (C=O) groups excluding carboxylic acids is 2. The predicted molar refractivity (Wildman–Crippen MR) is 67.5 cm³/mol. The molecule has 0 aromatic carbocycles. The van der Waals surface area contributed by atoms with Crippen LogP contribution < -0.4 is 10.7 Å². The first-order valence-corrected chi connectivity index (χ1v) is 6.32. The van der Waals surface area contributed by atoms with Crippen molar-refractivity contribution in [2.45, 2.75) is 25.3 Å². The van der Waals surface area contributed by atoms with Gasteiger partial charge in [0.25, 0.3) is 3.91 Å². The molecule has 0 saturated carbocycles. The van der Waals surface area contributed by atoms with Crippen LogP contribution in [0.2, 0.25) is 0 Å². The summed E-state index contributed by atoms with van der Waals surface area (Å²) < 4.78 is -0.239. The molecule has 0 radical (unpaired) electrons. The number of nitrogens with zero attached hydrogens (tertiary/aromatic N) is 1. The van der Waals surface area contributed by atoms with Gasteiger partial charge in [0.1, 0.15) is 6.04 Å². The predicted octanol–water partition coefficient (Wildman–Crippen LogP) is 0.101. The number of aliphatic carboxylic acids is 1. The first-order chi connectivity index (χ1) is 8.02. The normalized spacial score (nSPS) is 19.8. The van der Waals surface area contributed by atoms with Gasteiger partial charge in [-0.05, 0) is 12.8 Å². The van der Waals surface area contributed by atoms with Gasteiger partial charge >= 0.3 is 5.97 Å². The van der Waals surface area contributed by atoms with Gasteiger partial charge in [-0.3, -0.25) is 14.6 Å². The molecule has 3 N–H and O–H groups in total. The molecule has 1 rings (SSSR count). The third-order valence-electron chi connectivity index (χ3n) is 2.40. The number of hydrogen-bond donors (Lipinski definition) is 3. The van der Waals surface area contributed by atoms with Crippen LogP contribution >= 0.6 is 22.6 Å². The molecule has 1 saturated heterocycles. The summed E-state index contributed by atoms with van der Waals surface area (Å²) in [6.45, 7) is 0.805. The summed E-state index contributed by atoms with van der Waals surface area (Å²) in [6, 6.07) is -0.813. The van der Waals surface area contributed by atoms with E-state index in [2.05, 4.69) is 10.7 Å². The van der Waals surface area contributed by atoms with E-state index < -0.39 is 12.0 Å². The zero-order valence-corrected chi connectivity index (χ0v) is 11.3. The van der Waals surface area contributed by atoms with Crippen molar-refractivity contribution in [3.63, 3.8) is 0 Å². The topological polar surface area (TPSA) is 98.7 Å². The number of hydrazine groups is 1. The maximum absolute atomic E-state index is 11.7. The van der Waals surface area contributed by atoms with Gasteiger partial charge in [0, 0.05) is 42.1 Å². The average Bonchev–Trinajstić information content (AvgIpc) is 2.28. The van der Waals surface area contributed by atoms with Gasteiger partial charge in [0.15, 0.2) is 0 Å². The molecule has 96 valence electrons. The van der Waals surface area contributed by atoms with E-state index in [0.29, 0.717) is 13.0 Å². The molecule has 7 nitrogen and oxygen atoms in total. The molecular weight excluding hydrogens is 341 g/mol. The SMILES string of the molecule is O=C(I)NCCC(=O)N1NCCC[C@H]1C(=O)O. The summed E-state index contributed by atoms with van der Waals surface area (Å²) in [6.07, 6.45) is 1.27. The Labute approximate surface area is 112 Å². The Morgan fingerprint density at radius 1 is 1.47 bits per heavy atom. The monoisotopic (exact) mass is 355 g/mol. The molecule has 1 atom stereocenters. The number of rotatable bonds is 4. The highest BCUT2D eigenvalue weighted by atomic mass is 127. The summed E-state index contributed by atoms with van der Waals surface area (Å²) in [5, 5.41) is 12.6. The molecular formula is C9H14IN3O4. The fraction of sp³-hybridized carbons (Fsp3) is 0.667. The highest BCUT2D eigenvalue weighted by Gasteiger charge is 2.31.